The Hall–Kier alpha value is -1.16. The minimum atomic E-state index is -0.509. The number of piperidine rings is 1. The Morgan fingerprint density at radius 1 is 0.952 bits per heavy atom. The minimum Gasteiger partial charge on any atom is -0.368 e. The van der Waals surface area contributed by atoms with Gasteiger partial charge in [-0.2, -0.15) is 0 Å². The van der Waals surface area contributed by atoms with Gasteiger partial charge in [-0.25, -0.2) is 8.78 Å². The molecule has 1 aromatic carbocycles. The average molecular weight is 294 g/mol. The van der Waals surface area contributed by atoms with Gasteiger partial charge in [-0.1, -0.05) is 19.3 Å². The molecule has 1 unspecified atom stereocenters. The van der Waals surface area contributed by atoms with E-state index in [9.17, 15) is 8.78 Å². The number of nitrogens with one attached hydrogen (secondary N) is 1. The summed E-state index contributed by atoms with van der Waals surface area (Å²) in [6, 6.07) is 4.94. The van der Waals surface area contributed by atoms with Crippen molar-refractivity contribution in [3.63, 3.8) is 0 Å². The van der Waals surface area contributed by atoms with Crippen LogP contribution >= 0.6 is 0 Å². The van der Waals surface area contributed by atoms with Crippen molar-refractivity contribution in [2.75, 3.05) is 18.0 Å². The zero-order valence-electron chi connectivity index (χ0n) is 12.5. The first-order valence-electron chi connectivity index (χ1n) is 8.18. The van der Waals surface area contributed by atoms with Gasteiger partial charge in [0, 0.05) is 31.2 Å². The van der Waals surface area contributed by atoms with E-state index in [1.807, 2.05) is 0 Å². The molecule has 0 radical (unpaired) electrons. The second-order valence-corrected chi connectivity index (χ2v) is 6.38. The molecule has 21 heavy (non-hydrogen) atoms. The van der Waals surface area contributed by atoms with Gasteiger partial charge in [0.25, 0.3) is 0 Å². The molecular formula is C17H24F2N2. The number of hydrogen-bond donors (Lipinski definition) is 1. The highest BCUT2D eigenvalue weighted by Crippen LogP contribution is 2.25. The molecule has 3 rings (SSSR count). The highest BCUT2D eigenvalue weighted by atomic mass is 19.1. The Kier molecular flexibility index (Phi) is 4.73. The normalized spacial score (nSPS) is 24.3. The van der Waals surface area contributed by atoms with E-state index < -0.39 is 11.6 Å². The van der Waals surface area contributed by atoms with Crippen LogP contribution in [0.15, 0.2) is 18.2 Å². The van der Waals surface area contributed by atoms with Crippen LogP contribution in [-0.2, 0) is 0 Å². The highest BCUT2D eigenvalue weighted by Gasteiger charge is 2.24. The predicted molar refractivity (Wildman–Crippen MR) is 81.6 cm³/mol. The summed E-state index contributed by atoms with van der Waals surface area (Å²) in [5.74, 6) is -0.960. The molecule has 0 aromatic heterocycles. The van der Waals surface area contributed by atoms with Crippen LogP contribution < -0.4 is 10.2 Å². The van der Waals surface area contributed by atoms with Gasteiger partial charge in [0.1, 0.15) is 11.6 Å². The molecule has 1 atom stereocenters. The lowest BCUT2D eigenvalue weighted by Crippen LogP contribution is -2.49. The van der Waals surface area contributed by atoms with Crippen molar-refractivity contribution >= 4 is 5.69 Å². The fraction of sp³-hybridized carbons (Fsp3) is 0.647. The lowest BCUT2D eigenvalue weighted by atomic mass is 9.93. The van der Waals surface area contributed by atoms with E-state index >= 15 is 0 Å². The molecule has 1 aliphatic carbocycles. The van der Waals surface area contributed by atoms with Crippen LogP contribution in [0.2, 0.25) is 0 Å². The first-order valence-corrected chi connectivity index (χ1v) is 8.18. The molecule has 1 saturated carbocycles. The van der Waals surface area contributed by atoms with E-state index in [4.69, 9.17) is 0 Å². The van der Waals surface area contributed by atoms with Crippen LogP contribution in [0.3, 0.4) is 0 Å². The smallest absolute Gasteiger partial charge is 0.149 e. The quantitative estimate of drug-likeness (QED) is 0.910. The Balaban J connectivity index is 1.62. The van der Waals surface area contributed by atoms with Gasteiger partial charge in [-0.05, 0) is 37.8 Å². The maximum atomic E-state index is 13.9. The van der Waals surface area contributed by atoms with E-state index in [-0.39, 0.29) is 0 Å². The molecule has 2 nitrogen and oxygen atoms in total. The zero-order chi connectivity index (χ0) is 14.7. The van der Waals surface area contributed by atoms with Gasteiger partial charge in [-0.3, -0.25) is 0 Å². The summed E-state index contributed by atoms with van der Waals surface area (Å²) in [4.78, 5) is 2.05. The lowest BCUT2D eigenvalue weighted by molar-refractivity contribution is 0.312. The molecule has 2 fully saturated rings. The Bertz CT molecular complexity index is 472. The Morgan fingerprint density at radius 3 is 2.48 bits per heavy atom. The fourth-order valence-electron chi connectivity index (χ4n) is 3.67. The van der Waals surface area contributed by atoms with Crippen LogP contribution in [0.1, 0.15) is 44.9 Å². The van der Waals surface area contributed by atoms with E-state index in [0.29, 0.717) is 17.8 Å². The molecular weight excluding hydrogens is 270 g/mol. The maximum absolute atomic E-state index is 13.9. The summed E-state index contributed by atoms with van der Waals surface area (Å²) in [5, 5.41) is 3.75. The van der Waals surface area contributed by atoms with Crippen molar-refractivity contribution in [2.45, 2.75) is 57.0 Å². The topological polar surface area (TPSA) is 15.3 Å². The van der Waals surface area contributed by atoms with Crippen LogP contribution in [0.4, 0.5) is 14.5 Å². The third-order valence-corrected chi connectivity index (χ3v) is 4.75. The third kappa shape index (κ3) is 3.73. The van der Waals surface area contributed by atoms with Gasteiger partial charge in [0.05, 0.1) is 5.69 Å². The van der Waals surface area contributed by atoms with Crippen molar-refractivity contribution < 1.29 is 8.78 Å². The number of halogens is 2. The molecule has 1 aliphatic heterocycles. The van der Waals surface area contributed by atoms with Crippen molar-refractivity contribution in [1.82, 2.24) is 5.32 Å². The number of benzene rings is 1. The molecule has 0 amide bonds. The summed E-state index contributed by atoms with van der Waals surface area (Å²) < 4.78 is 26.9. The molecule has 0 spiro atoms. The largest absolute Gasteiger partial charge is 0.368 e. The minimum absolute atomic E-state index is 0.423. The third-order valence-electron chi connectivity index (χ3n) is 4.75. The van der Waals surface area contributed by atoms with Crippen LogP contribution in [-0.4, -0.2) is 25.2 Å². The second kappa shape index (κ2) is 6.73. The van der Waals surface area contributed by atoms with E-state index in [1.54, 1.807) is 6.07 Å². The summed E-state index contributed by atoms with van der Waals surface area (Å²) in [5.41, 5.74) is 0.534. The van der Waals surface area contributed by atoms with Gasteiger partial charge in [0.15, 0.2) is 0 Å². The second-order valence-electron chi connectivity index (χ2n) is 6.38. The SMILES string of the molecule is Fc1ccc(N2CCCC(NC3CCCCC3)C2)c(F)c1. The first-order chi connectivity index (χ1) is 10.2. The highest BCUT2D eigenvalue weighted by molar-refractivity contribution is 5.48. The molecule has 1 heterocycles. The fourth-order valence-corrected chi connectivity index (χ4v) is 3.67. The molecule has 0 bridgehead atoms. The summed E-state index contributed by atoms with van der Waals surface area (Å²) >= 11 is 0. The monoisotopic (exact) mass is 294 g/mol. The van der Waals surface area contributed by atoms with E-state index in [0.717, 1.165) is 32.0 Å². The number of nitrogens with zero attached hydrogens (tertiary/aromatic N) is 1. The Labute approximate surface area is 125 Å². The van der Waals surface area contributed by atoms with E-state index in [2.05, 4.69) is 10.2 Å². The molecule has 2 aliphatic rings. The van der Waals surface area contributed by atoms with Crippen molar-refractivity contribution in [1.29, 1.82) is 0 Å². The van der Waals surface area contributed by atoms with E-state index in [1.165, 1.54) is 38.2 Å². The van der Waals surface area contributed by atoms with Gasteiger partial charge >= 0.3 is 0 Å². The molecule has 116 valence electrons. The van der Waals surface area contributed by atoms with Crippen LogP contribution in [0.25, 0.3) is 0 Å². The van der Waals surface area contributed by atoms with Gasteiger partial charge in [-0.15, -0.1) is 0 Å². The summed E-state index contributed by atoms with van der Waals surface area (Å²) in [6.45, 7) is 1.67. The van der Waals surface area contributed by atoms with Gasteiger partial charge in [0.2, 0.25) is 0 Å². The Morgan fingerprint density at radius 2 is 1.71 bits per heavy atom. The molecule has 4 heteroatoms. The molecule has 1 aromatic rings. The number of anilines is 1. The summed E-state index contributed by atoms with van der Waals surface area (Å²) in [6.07, 6.45) is 8.73. The standard InChI is InChI=1S/C17H24F2N2/c18-13-8-9-17(16(19)11-13)21-10-4-7-15(12-21)20-14-5-2-1-3-6-14/h8-9,11,14-15,20H,1-7,10,12H2. The average Bonchev–Trinajstić information content (AvgIpc) is 2.48. The predicted octanol–water partition coefficient (Wildman–Crippen LogP) is 3.86. The molecule has 1 saturated heterocycles. The van der Waals surface area contributed by atoms with Gasteiger partial charge < -0.3 is 10.2 Å². The maximum Gasteiger partial charge on any atom is 0.149 e. The number of rotatable bonds is 3. The van der Waals surface area contributed by atoms with Crippen molar-refractivity contribution in [3.8, 4) is 0 Å². The number of hydrogen-bond acceptors (Lipinski definition) is 2. The van der Waals surface area contributed by atoms with Crippen LogP contribution in [0.5, 0.6) is 0 Å². The van der Waals surface area contributed by atoms with Crippen molar-refractivity contribution in [2.24, 2.45) is 0 Å². The van der Waals surface area contributed by atoms with Crippen LogP contribution in [0, 0.1) is 11.6 Å². The zero-order valence-corrected chi connectivity index (χ0v) is 12.5. The lowest BCUT2D eigenvalue weighted by Gasteiger charge is -2.37. The first kappa shape index (κ1) is 14.8. The summed E-state index contributed by atoms with van der Waals surface area (Å²) in [7, 11) is 0. The molecule has 1 N–H and O–H groups in total. The van der Waals surface area contributed by atoms with Crippen molar-refractivity contribution in [3.05, 3.63) is 29.8 Å².